The second-order valence-electron chi connectivity index (χ2n) is 2.02. The van der Waals surface area contributed by atoms with E-state index in [2.05, 4.69) is 11.3 Å². The molecule has 0 saturated carbocycles. The lowest BCUT2D eigenvalue weighted by Crippen LogP contribution is -2.58. The molecule has 1 fully saturated rings. The number of hydrogen-bond donors (Lipinski definition) is 0. The Morgan fingerprint density at radius 2 is 2.36 bits per heavy atom. The fraction of sp³-hybridized carbons (Fsp3) is 0.429. The summed E-state index contributed by atoms with van der Waals surface area (Å²) in [6.45, 7) is 5.33. The van der Waals surface area contributed by atoms with Gasteiger partial charge in [-0.2, -0.15) is 0 Å². The highest BCUT2D eigenvalue weighted by atomic mass is 16.7. The fourth-order valence-electron chi connectivity index (χ4n) is 0.829. The highest BCUT2D eigenvalue weighted by Crippen LogP contribution is 2.26. The Hall–Kier alpha value is -1.16. The molecule has 4 heteroatoms. The minimum atomic E-state index is -1.48. The third-order valence-corrected chi connectivity index (χ3v) is 1.37. The van der Waals surface area contributed by atoms with Crippen LogP contribution >= 0.6 is 0 Å². The lowest BCUT2D eigenvalue weighted by Gasteiger charge is -2.34. The molecule has 0 aromatic heterocycles. The predicted octanol–water partition coefficient (Wildman–Crippen LogP) is 0.0311. The Balaban J connectivity index is 2.73. The van der Waals surface area contributed by atoms with Crippen LogP contribution in [0.25, 0.3) is 0 Å². The van der Waals surface area contributed by atoms with E-state index in [1.54, 1.807) is 6.92 Å². The minimum absolute atomic E-state index is 0.297. The summed E-state index contributed by atoms with van der Waals surface area (Å²) in [6.07, 6.45) is 1.18. The van der Waals surface area contributed by atoms with Crippen molar-refractivity contribution in [2.45, 2.75) is 12.7 Å². The van der Waals surface area contributed by atoms with Crippen molar-refractivity contribution in [3.63, 3.8) is 0 Å². The maximum absolute atomic E-state index is 10.8. The molecular weight excluding hydrogens is 148 g/mol. The molecule has 1 heterocycles. The van der Waals surface area contributed by atoms with E-state index < -0.39 is 17.5 Å². The summed E-state index contributed by atoms with van der Waals surface area (Å²) in [5.74, 6) is -3.03. The summed E-state index contributed by atoms with van der Waals surface area (Å²) in [5.41, 5.74) is 0. The summed E-state index contributed by atoms with van der Waals surface area (Å²) < 4.78 is 9.39. The number of cyclic esters (lactones) is 1. The largest absolute Gasteiger partial charge is 0.415 e. The zero-order valence-corrected chi connectivity index (χ0v) is 6.12. The van der Waals surface area contributed by atoms with Gasteiger partial charge in [-0.3, -0.25) is 4.79 Å². The van der Waals surface area contributed by atoms with Gasteiger partial charge in [-0.25, -0.2) is 4.79 Å². The van der Waals surface area contributed by atoms with Crippen LogP contribution in [-0.2, 0) is 19.1 Å². The molecule has 1 aliphatic heterocycles. The summed E-state index contributed by atoms with van der Waals surface area (Å²) in [7, 11) is 0. The van der Waals surface area contributed by atoms with Crippen LogP contribution in [0.1, 0.15) is 6.92 Å². The Morgan fingerprint density at radius 3 is 2.64 bits per heavy atom. The monoisotopic (exact) mass is 156 g/mol. The van der Waals surface area contributed by atoms with Crippen molar-refractivity contribution < 1.29 is 19.1 Å². The van der Waals surface area contributed by atoms with E-state index in [1.807, 2.05) is 0 Å². The van der Waals surface area contributed by atoms with E-state index in [1.165, 1.54) is 6.08 Å². The first-order valence-electron chi connectivity index (χ1n) is 3.21. The zero-order chi connectivity index (χ0) is 8.48. The van der Waals surface area contributed by atoms with E-state index in [0.717, 1.165) is 0 Å². The van der Waals surface area contributed by atoms with E-state index in [-0.39, 0.29) is 0 Å². The molecule has 1 aliphatic rings. The number of esters is 1. The van der Waals surface area contributed by atoms with Crippen LogP contribution in [0.15, 0.2) is 12.7 Å². The molecule has 0 N–H and O–H groups in total. The van der Waals surface area contributed by atoms with Gasteiger partial charge in [-0.15, -0.1) is 0 Å². The van der Waals surface area contributed by atoms with Gasteiger partial charge in [0.2, 0.25) is 0 Å². The Bertz CT molecular complexity index is 220. The summed E-state index contributed by atoms with van der Waals surface area (Å²) in [4.78, 5) is 21.2. The third-order valence-electron chi connectivity index (χ3n) is 1.37. The lowest BCUT2D eigenvalue weighted by molar-refractivity contribution is -0.237. The van der Waals surface area contributed by atoms with Gasteiger partial charge >= 0.3 is 17.5 Å². The van der Waals surface area contributed by atoms with E-state index in [9.17, 15) is 9.59 Å². The van der Waals surface area contributed by atoms with Crippen LogP contribution in [0.4, 0.5) is 0 Å². The number of hydrogen-bond acceptors (Lipinski definition) is 4. The lowest BCUT2D eigenvalue weighted by atomic mass is 10.1. The van der Waals surface area contributed by atoms with Gasteiger partial charge in [-0.1, -0.05) is 6.58 Å². The van der Waals surface area contributed by atoms with Crippen LogP contribution < -0.4 is 0 Å². The number of carbonyl (C=O) groups is 2. The minimum Gasteiger partial charge on any atom is -0.415 e. The first kappa shape index (κ1) is 7.94. The number of rotatable bonds is 3. The molecule has 0 spiro atoms. The van der Waals surface area contributed by atoms with Gasteiger partial charge < -0.3 is 9.47 Å². The molecule has 0 amide bonds. The van der Waals surface area contributed by atoms with Crippen molar-refractivity contribution in [3.8, 4) is 0 Å². The molecule has 1 rings (SSSR count). The third kappa shape index (κ3) is 0.952. The van der Waals surface area contributed by atoms with Gasteiger partial charge in [-0.05, 0) is 13.0 Å². The topological polar surface area (TPSA) is 52.6 Å². The van der Waals surface area contributed by atoms with Crippen molar-refractivity contribution in [3.05, 3.63) is 12.7 Å². The van der Waals surface area contributed by atoms with Crippen molar-refractivity contribution in [1.29, 1.82) is 0 Å². The number of Topliss-reactive ketones (excluding diaryl/α,β-unsaturated/α-hetero) is 1. The van der Waals surface area contributed by atoms with Crippen molar-refractivity contribution in [2.24, 2.45) is 0 Å². The summed E-state index contributed by atoms with van der Waals surface area (Å²) >= 11 is 0. The smallest absolute Gasteiger partial charge is 0.385 e. The fourth-order valence-corrected chi connectivity index (χ4v) is 0.829. The van der Waals surface area contributed by atoms with Crippen molar-refractivity contribution in [2.75, 3.05) is 6.61 Å². The molecule has 0 aromatic rings. The average molecular weight is 156 g/mol. The molecule has 60 valence electrons. The Labute approximate surface area is 63.8 Å². The number of ketones is 1. The molecule has 1 atom stereocenters. The molecule has 4 nitrogen and oxygen atoms in total. The van der Waals surface area contributed by atoms with Gasteiger partial charge in [0, 0.05) is 6.61 Å². The van der Waals surface area contributed by atoms with Gasteiger partial charge in [0.05, 0.1) is 0 Å². The molecule has 1 saturated heterocycles. The quantitative estimate of drug-likeness (QED) is 0.328. The molecule has 0 radical (unpaired) electrons. The highest BCUT2D eigenvalue weighted by molar-refractivity contribution is 6.42. The average Bonchev–Trinajstić information content (AvgIpc) is 2.03. The second-order valence-corrected chi connectivity index (χ2v) is 2.02. The van der Waals surface area contributed by atoms with E-state index >= 15 is 0 Å². The first-order chi connectivity index (χ1) is 5.16. The Kier molecular flexibility index (Phi) is 1.78. The molecular formula is C7H8O4. The van der Waals surface area contributed by atoms with Gasteiger partial charge in [0.1, 0.15) is 0 Å². The SMILES string of the molecule is C=CC1(OCC)OC(=O)C1=O. The van der Waals surface area contributed by atoms with Crippen LogP contribution in [0.3, 0.4) is 0 Å². The summed E-state index contributed by atoms with van der Waals surface area (Å²) in [5, 5.41) is 0. The first-order valence-corrected chi connectivity index (χ1v) is 3.21. The van der Waals surface area contributed by atoms with Gasteiger partial charge in [0.15, 0.2) is 0 Å². The molecule has 0 bridgehead atoms. The highest BCUT2D eigenvalue weighted by Gasteiger charge is 2.55. The molecule has 11 heavy (non-hydrogen) atoms. The van der Waals surface area contributed by atoms with Crippen LogP contribution in [0, 0.1) is 0 Å². The van der Waals surface area contributed by atoms with E-state index in [0.29, 0.717) is 6.61 Å². The Morgan fingerprint density at radius 1 is 1.73 bits per heavy atom. The molecule has 0 aromatic carbocycles. The maximum Gasteiger partial charge on any atom is 0.385 e. The molecule has 0 aliphatic carbocycles. The summed E-state index contributed by atoms with van der Waals surface area (Å²) in [6, 6.07) is 0. The normalized spacial score (nSPS) is 29.2. The van der Waals surface area contributed by atoms with Crippen molar-refractivity contribution >= 4 is 11.8 Å². The number of carbonyl (C=O) groups excluding carboxylic acids is 2. The second kappa shape index (κ2) is 2.47. The standard InChI is InChI=1S/C7H8O4/c1-3-7(10-4-2)5(8)6(9)11-7/h3H,1,4H2,2H3. The number of ether oxygens (including phenoxy) is 2. The zero-order valence-electron chi connectivity index (χ0n) is 6.12. The molecule has 1 unspecified atom stereocenters. The van der Waals surface area contributed by atoms with Crippen molar-refractivity contribution in [1.82, 2.24) is 0 Å². The van der Waals surface area contributed by atoms with Crippen LogP contribution in [-0.4, -0.2) is 24.1 Å². The van der Waals surface area contributed by atoms with Crippen LogP contribution in [0.5, 0.6) is 0 Å². The van der Waals surface area contributed by atoms with Gasteiger partial charge in [0.25, 0.3) is 0 Å². The maximum atomic E-state index is 10.8. The van der Waals surface area contributed by atoms with Crippen LogP contribution in [0.2, 0.25) is 0 Å². The van der Waals surface area contributed by atoms with E-state index in [4.69, 9.17) is 4.74 Å². The predicted molar refractivity (Wildman–Crippen MR) is 35.7 cm³/mol.